The summed E-state index contributed by atoms with van der Waals surface area (Å²) in [4.78, 5) is 2.63. The van der Waals surface area contributed by atoms with Crippen LogP contribution in [0.4, 0.5) is 0 Å². The number of morpholine rings is 1. The molecule has 2 bridgehead atoms. The van der Waals surface area contributed by atoms with Crippen molar-refractivity contribution in [3.8, 4) is 0 Å². The quantitative estimate of drug-likeness (QED) is 0.767. The number of hydrogen-bond acceptors (Lipinski definition) is 2. The molecule has 0 spiro atoms. The van der Waals surface area contributed by atoms with E-state index in [4.69, 9.17) is 4.74 Å². The molecule has 0 saturated carbocycles. The maximum Gasteiger partial charge on any atom is 0.0658 e. The SMILES string of the molecule is Cc1cc(C)cc(CC2=CC3COCC(C2)N3Cc2ccccc2)c1. The minimum atomic E-state index is 0.411. The molecular formula is C23H27NO. The van der Waals surface area contributed by atoms with Gasteiger partial charge in [-0.05, 0) is 37.8 Å². The smallest absolute Gasteiger partial charge is 0.0658 e. The fraction of sp³-hybridized carbons (Fsp3) is 0.391. The topological polar surface area (TPSA) is 12.5 Å². The van der Waals surface area contributed by atoms with Crippen LogP contribution in [-0.2, 0) is 17.7 Å². The van der Waals surface area contributed by atoms with Gasteiger partial charge in [0.05, 0.1) is 19.3 Å². The number of hydrogen-bond donors (Lipinski definition) is 0. The first kappa shape index (κ1) is 16.6. The molecule has 2 atom stereocenters. The lowest BCUT2D eigenvalue weighted by molar-refractivity contribution is -0.0440. The predicted octanol–water partition coefficient (Wildman–Crippen LogP) is 4.45. The molecule has 2 aromatic carbocycles. The number of aryl methyl sites for hydroxylation is 2. The Bertz CT molecular complexity index is 745. The van der Waals surface area contributed by atoms with Crippen LogP contribution in [0.1, 0.15) is 28.7 Å². The van der Waals surface area contributed by atoms with E-state index in [0.717, 1.165) is 32.6 Å². The average molecular weight is 333 g/mol. The van der Waals surface area contributed by atoms with Crippen LogP contribution in [0.15, 0.2) is 60.2 Å². The maximum atomic E-state index is 5.85. The van der Waals surface area contributed by atoms with Crippen molar-refractivity contribution in [1.29, 1.82) is 0 Å². The molecule has 130 valence electrons. The molecule has 2 aliphatic heterocycles. The van der Waals surface area contributed by atoms with E-state index in [-0.39, 0.29) is 0 Å². The zero-order valence-corrected chi connectivity index (χ0v) is 15.2. The summed E-state index contributed by atoms with van der Waals surface area (Å²) in [5.41, 5.74) is 7.14. The van der Waals surface area contributed by atoms with Crippen LogP contribution in [0.5, 0.6) is 0 Å². The van der Waals surface area contributed by atoms with E-state index in [9.17, 15) is 0 Å². The van der Waals surface area contributed by atoms with Gasteiger partial charge in [-0.1, -0.05) is 71.3 Å². The highest BCUT2D eigenvalue weighted by Gasteiger charge is 2.34. The van der Waals surface area contributed by atoms with Crippen molar-refractivity contribution in [3.63, 3.8) is 0 Å². The van der Waals surface area contributed by atoms with Crippen LogP contribution >= 0.6 is 0 Å². The van der Waals surface area contributed by atoms with Gasteiger partial charge in [-0.15, -0.1) is 0 Å². The van der Waals surface area contributed by atoms with E-state index in [2.05, 4.69) is 73.4 Å². The van der Waals surface area contributed by atoms with Gasteiger partial charge in [-0.2, -0.15) is 0 Å². The van der Waals surface area contributed by atoms with Crippen molar-refractivity contribution in [2.45, 2.75) is 45.3 Å². The maximum absolute atomic E-state index is 5.85. The van der Waals surface area contributed by atoms with Crippen molar-refractivity contribution >= 4 is 0 Å². The van der Waals surface area contributed by atoms with Crippen LogP contribution in [-0.4, -0.2) is 30.2 Å². The largest absolute Gasteiger partial charge is 0.378 e. The zero-order valence-electron chi connectivity index (χ0n) is 15.2. The summed E-state index contributed by atoms with van der Waals surface area (Å²) in [5.74, 6) is 0. The van der Waals surface area contributed by atoms with Crippen LogP contribution in [0.3, 0.4) is 0 Å². The fourth-order valence-electron chi connectivity index (χ4n) is 4.35. The number of fused-ring (bicyclic) bond motifs is 2. The lowest BCUT2D eigenvalue weighted by atomic mass is 9.89. The van der Waals surface area contributed by atoms with E-state index >= 15 is 0 Å². The third-order valence-electron chi connectivity index (χ3n) is 5.34. The Kier molecular flexibility index (Phi) is 4.74. The first-order valence-corrected chi connectivity index (χ1v) is 9.31. The summed E-state index contributed by atoms with van der Waals surface area (Å²) >= 11 is 0. The molecule has 0 amide bonds. The normalized spacial score (nSPS) is 23.4. The van der Waals surface area contributed by atoms with Gasteiger partial charge in [-0.25, -0.2) is 0 Å². The Morgan fingerprint density at radius 2 is 1.72 bits per heavy atom. The molecule has 2 unspecified atom stereocenters. The van der Waals surface area contributed by atoms with Gasteiger partial charge in [0.25, 0.3) is 0 Å². The minimum Gasteiger partial charge on any atom is -0.378 e. The molecule has 25 heavy (non-hydrogen) atoms. The van der Waals surface area contributed by atoms with Gasteiger partial charge in [0.1, 0.15) is 0 Å². The van der Waals surface area contributed by atoms with Gasteiger partial charge in [0.15, 0.2) is 0 Å². The Balaban J connectivity index is 1.52. The third-order valence-corrected chi connectivity index (χ3v) is 5.34. The number of rotatable bonds is 4. The molecule has 2 aliphatic rings. The molecule has 0 aliphatic carbocycles. The fourth-order valence-corrected chi connectivity index (χ4v) is 4.35. The average Bonchev–Trinajstić information content (AvgIpc) is 2.55. The van der Waals surface area contributed by atoms with Gasteiger partial charge in [-0.3, -0.25) is 4.90 Å². The summed E-state index contributed by atoms with van der Waals surface area (Å²) in [6.45, 7) is 7.08. The molecule has 2 aromatic rings. The monoisotopic (exact) mass is 333 g/mol. The summed E-state index contributed by atoms with van der Waals surface area (Å²) in [5, 5.41) is 0. The molecule has 4 rings (SSSR count). The molecule has 2 heteroatoms. The highest BCUT2D eigenvalue weighted by atomic mass is 16.5. The van der Waals surface area contributed by atoms with Crippen molar-refractivity contribution in [2.24, 2.45) is 0 Å². The van der Waals surface area contributed by atoms with Crippen molar-refractivity contribution in [1.82, 2.24) is 4.90 Å². The highest BCUT2D eigenvalue weighted by Crippen LogP contribution is 2.30. The van der Waals surface area contributed by atoms with Crippen LogP contribution in [0.2, 0.25) is 0 Å². The summed E-state index contributed by atoms with van der Waals surface area (Å²) in [6.07, 6.45) is 4.67. The van der Waals surface area contributed by atoms with Crippen molar-refractivity contribution in [2.75, 3.05) is 13.2 Å². The van der Waals surface area contributed by atoms with Gasteiger partial charge >= 0.3 is 0 Å². The van der Waals surface area contributed by atoms with Crippen molar-refractivity contribution in [3.05, 3.63) is 82.4 Å². The minimum absolute atomic E-state index is 0.411. The zero-order chi connectivity index (χ0) is 17.2. The molecule has 0 N–H and O–H groups in total. The second-order valence-electron chi connectivity index (χ2n) is 7.62. The lowest BCUT2D eigenvalue weighted by Crippen LogP contribution is -2.53. The van der Waals surface area contributed by atoms with E-state index in [1.165, 1.54) is 22.3 Å². The third kappa shape index (κ3) is 3.86. The van der Waals surface area contributed by atoms with E-state index in [1.54, 1.807) is 5.57 Å². The molecule has 1 fully saturated rings. The van der Waals surface area contributed by atoms with Crippen LogP contribution in [0, 0.1) is 13.8 Å². The van der Waals surface area contributed by atoms with Crippen LogP contribution in [0.25, 0.3) is 0 Å². The predicted molar refractivity (Wildman–Crippen MR) is 103 cm³/mol. The number of benzene rings is 2. The Hall–Kier alpha value is -1.90. The number of ether oxygens (including phenoxy) is 1. The summed E-state index contributed by atoms with van der Waals surface area (Å²) in [6, 6.07) is 18.6. The Morgan fingerprint density at radius 3 is 2.44 bits per heavy atom. The lowest BCUT2D eigenvalue weighted by Gasteiger charge is -2.45. The van der Waals surface area contributed by atoms with Gasteiger partial charge in [0, 0.05) is 12.6 Å². The van der Waals surface area contributed by atoms with E-state index in [0.29, 0.717) is 12.1 Å². The van der Waals surface area contributed by atoms with Gasteiger partial charge < -0.3 is 4.74 Å². The molecule has 1 saturated heterocycles. The van der Waals surface area contributed by atoms with Crippen LogP contribution < -0.4 is 0 Å². The summed E-state index contributed by atoms with van der Waals surface area (Å²) < 4.78 is 5.85. The molecule has 0 aromatic heterocycles. The van der Waals surface area contributed by atoms with Gasteiger partial charge in [0.2, 0.25) is 0 Å². The molecule has 2 heterocycles. The molecular weight excluding hydrogens is 306 g/mol. The Morgan fingerprint density at radius 1 is 0.960 bits per heavy atom. The molecule has 0 radical (unpaired) electrons. The second-order valence-corrected chi connectivity index (χ2v) is 7.62. The number of nitrogens with zero attached hydrogens (tertiary/aromatic N) is 1. The first-order chi connectivity index (χ1) is 12.2. The van der Waals surface area contributed by atoms with E-state index in [1.807, 2.05) is 0 Å². The standard InChI is InChI=1S/C23H27NO/c1-17-8-18(2)10-20(9-17)11-21-12-22-15-25-16-23(13-21)24(22)14-19-6-4-3-5-7-19/h3-10,12,22-23H,11,13-16H2,1-2H3. The second kappa shape index (κ2) is 7.15. The highest BCUT2D eigenvalue weighted by molar-refractivity contribution is 5.33. The van der Waals surface area contributed by atoms with E-state index < -0.39 is 0 Å². The Labute approximate surface area is 151 Å². The molecule has 2 nitrogen and oxygen atoms in total. The summed E-state index contributed by atoms with van der Waals surface area (Å²) in [7, 11) is 0. The first-order valence-electron chi connectivity index (χ1n) is 9.31. The van der Waals surface area contributed by atoms with Crippen molar-refractivity contribution < 1.29 is 4.74 Å².